The number of hydrogen-bond acceptors (Lipinski definition) is 3. The summed E-state index contributed by atoms with van der Waals surface area (Å²) in [4.78, 5) is 14.1. The van der Waals surface area contributed by atoms with Crippen LogP contribution in [0, 0.1) is 11.7 Å². The second-order valence-corrected chi connectivity index (χ2v) is 8.50. The zero-order valence-electron chi connectivity index (χ0n) is 16.5. The highest BCUT2D eigenvalue weighted by atomic mass is 35.5. The van der Waals surface area contributed by atoms with Crippen molar-refractivity contribution in [2.24, 2.45) is 5.92 Å². The van der Waals surface area contributed by atoms with Gasteiger partial charge in [-0.25, -0.2) is 4.39 Å². The third-order valence-electron chi connectivity index (χ3n) is 5.95. The molecule has 1 amide bonds. The van der Waals surface area contributed by atoms with Gasteiger partial charge in [0, 0.05) is 55.4 Å². The standard InChI is InChI=1S/C23H23ClFN3O2/c24-20-12-19(28-6-4-16-10-18(25)1-2-21(16)28)11-17-14-27(7-8-30-23(17)20)13-15-3-5-26-22(29)9-15/h1-2,4,6,10-12,15H,3,5,7-9,13-14H2,(H,26,29). The quantitative estimate of drug-likeness (QED) is 0.683. The maximum absolute atomic E-state index is 13.6. The molecule has 1 aromatic heterocycles. The smallest absolute Gasteiger partial charge is 0.220 e. The molecular weight excluding hydrogens is 405 g/mol. The van der Waals surface area contributed by atoms with Crippen LogP contribution >= 0.6 is 11.6 Å². The predicted octanol–water partition coefficient (Wildman–Crippen LogP) is 4.14. The molecule has 3 heterocycles. The number of carbonyl (C=O) groups is 1. The number of fused-ring (bicyclic) bond motifs is 2. The van der Waals surface area contributed by atoms with Crippen LogP contribution in [0.25, 0.3) is 16.6 Å². The van der Waals surface area contributed by atoms with Gasteiger partial charge >= 0.3 is 0 Å². The van der Waals surface area contributed by atoms with Crippen LogP contribution in [0.4, 0.5) is 4.39 Å². The molecule has 3 aromatic rings. The number of hydrogen-bond donors (Lipinski definition) is 1. The number of ether oxygens (including phenoxy) is 1. The molecule has 2 aliphatic heterocycles. The number of nitrogens with one attached hydrogen (secondary N) is 1. The van der Waals surface area contributed by atoms with Crippen molar-refractivity contribution in [3.8, 4) is 11.4 Å². The molecule has 2 aliphatic rings. The van der Waals surface area contributed by atoms with Crippen molar-refractivity contribution in [1.29, 1.82) is 0 Å². The molecular formula is C23H23ClFN3O2. The van der Waals surface area contributed by atoms with E-state index in [4.69, 9.17) is 16.3 Å². The average molecular weight is 428 g/mol. The molecule has 1 atom stereocenters. The Bertz CT molecular complexity index is 1110. The van der Waals surface area contributed by atoms with Gasteiger partial charge in [0.15, 0.2) is 0 Å². The van der Waals surface area contributed by atoms with Gasteiger partial charge in [0.05, 0.1) is 10.5 Å². The Balaban J connectivity index is 1.45. The molecule has 1 N–H and O–H groups in total. The van der Waals surface area contributed by atoms with Gasteiger partial charge in [-0.2, -0.15) is 0 Å². The van der Waals surface area contributed by atoms with E-state index in [1.54, 1.807) is 6.07 Å². The maximum atomic E-state index is 13.6. The number of carbonyl (C=O) groups excluding carboxylic acids is 1. The first-order chi connectivity index (χ1) is 14.6. The van der Waals surface area contributed by atoms with E-state index in [0.29, 0.717) is 24.0 Å². The fraction of sp³-hybridized carbons (Fsp3) is 0.348. The molecule has 0 bridgehead atoms. The Morgan fingerprint density at radius 1 is 1.23 bits per heavy atom. The van der Waals surface area contributed by atoms with Crippen LogP contribution < -0.4 is 10.1 Å². The molecule has 1 fully saturated rings. The highest BCUT2D eigenvalue weighted by Crippen LogP contribution is 2.35. The monoisotopic (exact) mass is 427 g/mol. The second kappa shape index (κ2) is 7.93. The molecule has 0 spiro atoms. The van der Waals surface area contributed by atoms with Crippen molar-refractivity contribution in [2.45, 2.75) is 19.4 Å². The third-order valence-corrected chi connectivity index (χ3v) is 6.23. The minimum Gasteiger partial charge on any atom is -0.490 e. The molecule has 0 saturated carbocycles. The fourth-order valence-corrected chi connectivity index (χ4v) is 4.80. The van der Waals surface area contributed by atoms with E-state index in [-0.39, 0.29) is 11.7 Å². The highest BCUT2D eigenvalue weighted by molar-refractivity contribution is 6.32. The summed E-state index contributed by atoms with van der Waals surface area (Å²) in [5.74, 6) is 0.980. The van der Waals surface area contributed by atoms with E-state index < -0.39 is 0 Å². The van der Waals surface area contributed by atoms with Crippen LogP contribution in [0.3, 0.4) is 0 Å². The molecule has 156 valence electrons. The minimum absolute atomic E-state index is 0.138. The Morgan fingerprint density at radius 2 is 2.13 bits per heavy atom. The topological polar surface area (TPSA) is 46.5 Å². The van der Waals surface area contributed by atoms with Gasteiger partial charge in [0.1, 0.15) is 18.2 Å². The van der Waals surface area contributed by atoms with E-state index in [2.05, 4.69) is 16.3 Å². The summed E-state index contributed by atoms with van der Waals surface area (Å²) in [7, 11) is 0. The first kappa shape index (κ1) is 19.4. The number of amides is 1. The summed E-state index contributed by atoms with van der Waals surface area (Å²) in [6.07, 6.45) is 3.51. The summed E-state index contributed by atoms with van der Waals surface area (Å²) >= 11 is 6.60. The Kier molecular flexibility index (Phi) is 5.13. The van der Waals surface area contributed by atoms with Gasteiger partial charge in [-0.15, -0.1) is 0 Å². The molecule has 5 nitrogen and oxygen atoms in total. The predicted molar refractivity (Wildman–Crippen MR) is 115 cm³/mol. The van der Waals surface area contributed by atoms with E-state index in [1.165, 1.54) is 12.1 Å². The van der Waals surface area contributed by atoms with Gasteiger partial charge in [0.2, 0.25) is 5.91 Å². The zero-order chi connectivity index (χ0) is 20.7. The van der Waals surface area contributed by atoms with E-state index in [1.807, 2.05) is 22.9 Å². The number of benzene rings is 2. The first-order valence-corrected chi connectivity index (χ1v) is 10.7. The number of halogens is 2. The lowest BCUT2D eigenvalue weighted by atomic mass is 9.96. The summed E-state index contributed by atoms with van der Waals surface area (Å²) in [5, 5.41) is 4.32. The molecule has 7 heteroatoms. The number of aromatic nitrogens is 1. The average Bonchev–Trinajstić information content (AvgIpc) is 3.01. The number of nitrogens with zero attached hydrogens (tertiary/aromatic N) is 2. The Labute approximate surface area is 179 Å². The van der Waals surface area contributed by atoms with Crippen molar-refractivity contribution in [3.05, 3.63) is 59.0 Å². The molecule has 30 heavy (non-hydrogen) atoms. The van der Waals surface area contributed by atoms with Gasteiger partial charge < -0.3 is 14.6 Å². The first-order valence-electron chi connectivity index (χ1n) is 10.3. The molecule has 1 unspecified atom stereocenters. The summed E-state index contributed by atoms with van der Waals surface area (Å²) in [6.45, 7) is 3.70. The lowest BCUT2D eigenvalue weighted by Gasteiger charge is -2.28. The molecule has 2 aromatic carbocycles. The summed E-state index contributed by atoms with van der Waals surface area (Å²) in [5.41, 5.74) is 2.87. The second-order valence-electron chi connectivity index (χ2n) is 8.10. The van der Waals surface area contributed by atoms with Crippen molar-refractivity contribution in [2.75, 3.05) is 26.2 Å². The molecule has 1 saturated heterocycles. The highest BCUT2D eigenvalue weighted by Gasteiger charge is 2.25. The minimum atomic E-state index is -0.249. The van der Waals surface area contributed by atoms with Crippen LogP contribution in [0.15, 0.2) is 42.6 Å². The van der Waals surface area contributed by atoms with Crippen molar-refractivity contribution < 1.29 is 13.9 Å². The SMILES string of the molecule is O=C1CC(CN2CCOc3c(Cl)cc(-n4ccc5cc(F)ccc54)cc3C2)CCN1. The van der Waals surface area contributed by atoms with Crippen LogP contribution in [0.5, 0.6) is 5.75 Å². The van der Waals surface area contributed by atoms with Crippen molar-refractivity contribution in [3.63, 3.8) is 0 Å². The van der Waals surface area contributed by atoms with E-state index >= 15 is 0 Å². The number of rotatable bonds is 3. The van der Waals surface area contributed by atoms with Gasteiger partial charge in [-0.05, 0) is 48.7 Å². The molecule has 0 radical (unpaired) electrons. The van der Waals surface area contributed by atoms with Gasteiger partial charge in [-0.1, -0.05) is 11.6 Å². The lowest BCUT2D eigenvalue weighted by molar-refractivity contribution is -0.123. The van der Waals surface area contributed by atoms with Crippen molar-refractivity contribution in [1.82, 2.24) is 14.8 Å². The normalized spacial score (nSPS) is 19.8. The Morgan fingerprint density at radius 3 is 3.00 bits per heavy atom. The molecule has 5 rings (SSSR count). The largest absolute Gasteiger partial charge is 0.490 e. The van der Waals surface area contributed by atoms with Crippen LogP contribution in [-0.4, -0.2) is 41.6 Å². The lowest BCUT2D eigenvalue weighted by Crippen LogP contribution is -2.39. The summed E-state index contributed by atoms with van der Waals surface area (Å²) in [6, 6.07) is 10.7. The third kappa shape index (κ3) is 3.77. The van der Waals surface area contributed by atoms with Crippen LogP contribution in [0.2, 0.25) is 5.02 Å². The van der Waals surface area contributed by atoms with Gasteiger partial charge in [-0.3, -0.25) is 9.69 Å². The van der Waals surface area contributed by atoms with E-state index in [0.717, 1.165) is 60.5 Å². The van der Waals surface area contributed by atoms with Crippen molar-refractivity contribution >= 4 is 28.4 Å². The zero-order valence-corrected chi connectivity index (χ0v) is 17.3. The maximum Gasteiger partial charge on any atom is 0.220 e. The van der Waals surface area contributed by atoms with E-state index in [9.17, 15) is 9.18 Å². The van der Waals surface area contributed by atoms with Crippen LogP contribution in [0.1, 0.15) is 18.4 Å². The van der Waals surface area contributed by atoms with Crippen LogP contribution in [-0.2, 0) is 11.3 Å². The number of piperidine rings is 1. The summed E-state index contributed by atoms with van der Waals surface area (Å²) < 4.78 is 21.6. The van der Waals surface area contributed by atoms with Gasteiger partial charge in [0.25, 0.3) is 0 Å². The fourth-order valence-electron chi connectivity index (χ4n) is 4.52. The molecule has 0 aliphatic carbocycles. The Hall–Kier alpha value is -2.57.